The summed E-state index contributed by atoms with van der Waals surface area (Å²) in [6.07, 6.45) is 3.96. The second-order valence-electron chi connectivity index (χ2n) is 6.19. The lowest BCUT2D eigenvalue weighted by Gasteiger charge is -2.07. The number of hydrogen-bond acceptors (Lipinski definition) is 4. The van der Waals surface area contributed by atoms with Gasteiger partial charge in [0.15, 0.2) is 5.78 Å². The summed E-state index contributed by atoms with van der Waals surface area (Å²) in [5.41, 5.74) is 8.20. The topological polar surface area (TPSA) is 89.3 Å². The van der Waals surface area contributed by atoms with Crippen LogP contribution < -0.4 is 11.1 Å². The molecule has 5 heteroatoms. The van der Waals surface area contributed by atoms with E-state index in [1.807, 2.05) is 18.2 Å². The highest BCUT2D eigenvalue weighted by molar-refractivity contribution is 5.97. The van der Waals surface area contributed by atoms with Crippen molar-refractivity contribution < 1.29 is 14.4 Å². The van der Waals surface area contributed by atoms with E-state index in [-0.39, 0.29) is 17.5 Å². The summed E-state index contributed by atoms with van der Waals surface area (Å²) in [6, 6.07) is 5.11. The molecule has 0 saturated heterocycles. The van der Waals surface area contributed by atoms with Crippen LogP contribution in [0, 0.1) is 0 Å². The van der Waals surface area contributed by atoms with Gasteiger partial charge >= 0.3 is 0 Å². The molecule has 3 N–H and O–H groups in total. The van der Waals surface area contributed by atoms with E-state index < -0.39 is 6.04 Å². The van der Waals surface area contributed by atoms with Crippen molar-refractivity contribution in [3.05, 3.63) is 34.9 Å². The third-order valence-corrected chi connectivity index (χ3v) is 4.10. The van der Waals surface area contributed by atoms with Gasteiger partial charge < -0.3 is 11.1 Å². The first-order chi connectivity index (χ1) is 11.0. The highest BCUT2D eigenvalue weighted by Crippen LogP contribution is 2.21. The predicted molar refractivity (Wildman–Crippen MR) is 88.3 cm³/mol. The molecule has 0 spiro atoms. The van der Waals surface area contributed by atoms with Crippen LogP contribution in [0.4, 0.5) is 0 Å². The highest BCUT2D eigenvalue weighted by Gasteiger charge is 2.19. The van der Waals surface area contributed by atoms with Gasteiger partial charge in [-0.15, -0.1) is 0 Å². The molecule has 1 aliphatic carbocycles. The van der Waals surface area contributed by atoms with E-state index in [1.54, 1.807) is 6.92 Å². The van der Waals surface area contributed by atoms with Gasteiger partial charge in [-0.05, 0) is 37.0 Å². The Bertz CT molecular complexity index is 608. The van der Waals surface area contributed by atoms with Crippen LogP contribution in [0.2, 0.25) is 0 Å². The van der Waals surface area contributed by atoms with E-state index in [1.165, 1.54) is 0 Å². The molecule has 5 nitrogen and oxygen atoms in total. The molecule has 0 bridgehead atoms. The molecule has 23 heavy (non-hydrogen) atoms. The number of nitrogens with one attached hydrogen (secondary N) is 1. The average molecular weight is 316 g/mol. The molecule has 0 unspecified atom stereocenters. The monoisotopic (exact) mass is 316 g/mol. The van der Waals surface area contributed by atoms with Crippen molar-refractivity contribution in [2.45, 2.75) is 51.5 Å². The summed E-state index contributed by atoms with van der Waals surface area (Å²) in [5.74, 6) is 0.193. The van der Waals surface area contributed by atoms with Gasteiger partial charge in [-0.25, -0.2) is 0 Å². The lowest BCUT2D eigenvalue weighted by molar-refractivity contribution is -0.122. The Labute approximate surface area is 136 Å². The van der Waals surface area contributed by atoms with Crippen molar-refractivity contribution in [3.8, 4) is 0 Å². The molecule has 0 radical (unpaired) electrons. The number of fused-ring (bicyclic) bond motifs is 1. The second-order valence-corrected chi connectivity index (χ2v) is 6.19. The quantitative estimate of drug-likeness (QED) is 0.562. The number of unbranched alkanes of at least 4 members (excludes halogenated alkanes) is 2. The maximum Gasteiger partial charge on any atom is 0.236 e. The summed E-state index contributed by atoms with van der Waals surface area (Å²) >= 11 is 0. The number of Topliss-reactive ketones (excluding diaryl/α,β-unsaturated/α-hetero) is 2. The van der Waals surface area contributed by atoms with E-state index in [0.29, 0.717) is 31.4 Å². The standard InChI is InChI=1S/C18H24N2O3/c1-12(19)18(23)20-8-4-2-3-5-17(22)14-7-6-13-10-16(21)11-15(13)9-14/h6-7,9,12H,2-5,8,10-11,19H2,1H3,(H,20,23)/t12-/m0/s1. The summed E-state index contributed by atoms with van der Waals surface area (Å²) in [6.45, 7) is 2.24. The van der Waals surface area contributed by atoms with Crippen molar-refractivity contribution in [1.29, 1.82) is 0 Å². The first kappa shape index (κ1) is 17.3. The summed E-state index contributed by atoms with van der Waals surface area (Å²) in [4.78, 5) is 34.9. The van der Waals surface area contributed by atoms with E-state index in [2.05, 4.69) is 5.32 Å². The van der Waals surface area contributed by atoms with Crippen LogP contribution >= 0.6 is 0 Å². The molecule has 0 aliphatic heterocycles. The average Bonchev–Trinajstić information content (AvgIpc) is 2.89. The Morgan fingerprint density at radius 2 is 1.91 bits per heavy atom. The number of nitrogens with two attached hydrogens (primary N) is 1. The van der Waals surface area contributed by atoms with Gasteiger partial charge in [0.05, 0.1) is 6.04 Å². The SMILES string of the molecule is C[C@H](N)C(=O)NCCCCCC(=O)c1ccc2c(c1)CC(=O)C2. The highest BCUT2D eigenvalue weighted by atomic mass is 16.2. The second kappa shape index (κ2) is 8.02. The van der Waals surface area contributed by atoms with Crippen LogP contribution in [0.1, 0.15) is 54.1 Å². The van der Waals surface area contributed by atoms with Crippen molar-refractivity contribution >= 4 is 17.5 Å². The lowest BCUT2D eigenvalue weighted by Crippen LogP contribution is -2.38. The first-order valence-electron chi connectivity index (χ1n) is 8.17. The van der Waals surface area contributed by atoms with Crippen molar-refractivity contribution in [2.75, 3.05) is 6.54 Å². The fourth-order valence-electron chi connectivity index (χ4n) is 2.73. The van der Waals surface area contributed by atoms with Gasteiger partial charge in [0.2, 0.25) is 5.91 Å². The molecule has 0 heterocycles. The van der Waals surface area contributed by atoms with Crippen LogP contribution in [0.5, 0.6) is 0 Å². The Morgan fingerprint density at radius 3 is 2.65 bits per heavy atom. The van der Waals surface area contributed by atoms with Crippen molar-refractivity contribution in [1.82, 2.24) is 5.32 Å². The number of hydrogen-bond donors (Lipinski definition) is 2. The van der Waals surface area contributed by atoms with E-state index in [0.717, 1.165) is 30.4 Å². The number of amides is 1. The Kier molecular flexibility index (Phi) is 6.04. The predicted octanol–water partition coefficient (Wildman–Crippen LogP) is 1.56. The van der Waals surface area contributed by atoms with Gasteiger partial charge in [-0.2, -0.15) is 0 Å². The number of carbonyl (C=O) groups is 3. The van der Waals surface area contributed by atoms with Gasteiger partial charge in [-0.1, -0.05) is 18.6 Å². The molecule has 1 aliphatic rings. The summed E-state index contributed by atoms with van der Waals surface area (Å²) < 4.78 is 0. The zero-order chi connectivity index (χ0) is 16.8. The van der Waals surface area contributed by atoms with Crippen molar-refractivity contribution in [2.24, 2.45) is 5.73 Å². The minimum absolute atomic E-state index is 0.117. The minimum Gasteiger partial charge on any atom is -0.355 e. The number of ketones is 2. The maximum atomic E-state index is 12.2. The number of benzene rings is 1. The summed E-state index contributed by atoms with van der Waals surface area (Å²) in [5, 5.41) is 2.75. The smallest absolute Gasteiger partial charge is 0.236 e. The molecule has 0 aromatic heterocycles. The third kappa shape index (κ3) is 4.99. The molecule has 0 saturated carbocycles. The van der Waals surface area contributed by atoms with E-state index in [4.69, 9.17) is 5.73 Å². The molecule has 1 amide bonds. The molecule has 1 aromatic carbocycles. The number of rotatable bonds is 8. The third-order valence-electron chi connectivity index (χ3n) is 4.10. The zero-order valence-corrected chi connectivity index (χ0v) is 13.6. The van der Waals surface area contributed by atoms with Crippen LogP contribution in [0.25, 0.3) is 0 Å². The Hall–Kier alpha value is -2.01. The fourth-order valence-corrected chi connectivity index (χ4v) is 2.73. The zero-order valence-electron chi connectivity index (χ0n) is 13.6. The molecular formula is C18H24N2O3. The van der Waals surface area contributed by atoms with Crippen LogP contribution in [-0.2, 0) is 22.4 Å². The molecule has 1 aromatic rings. The van der Waals surface area contributed by atoms with Gasteiger partial charge in [0.1, 0.15) is 5.78 Å². The largest absolute Gasteiger partial charge is 0.355 e. The lowest BCUT2D eigenvalue weighted by atomic mass is 10.0. The Balaban J connectivity index is 1.69. The fraction of sp³-hybridized carbons (Fsp3) is 0.500. The normalized spacial score (nSPS) is 14.4. The molecule has 1 atom stereocenters. The van der Waals surface area contributed by atoms with Crippen LogP contribution in [0.3, 0.4) is 0 Å². The van der Waals surface area contributed by atoms with Crippen LogP contribution in [-0.4, -0.2) is 30.1 Å². The molecule has 2 rings (SSSR count). The summed E-state index contributed by atoms with van der Waals surface area (Å²) in [7, 11) is 0. The van der Waals surface area contributed by atoms with E-state index in [9.17, 15) is 14.4 Å². The van der Waals surface area contributed by atoms with E-state index >= 15 is 0 Å². The van der Waals surface area contributed by atoms with Crippen molar-refractivity contribution in [3.63, 3.8) is 0 Å². The van der Waals surface area contributed by atoms with Crippen LogP contribution in [0.15, 0.2) is 18.2 Å². The maximum absolute atomic E-state index is 12.2. The minimum atomic E-state index is -0.483. The molecular weight excluding hydrogens is 292 g/mol. The molecule has 0 fully saturated rings. The van der Waals surface area contributed by atoms with Gasteiger partial charge in [-0.3, -0.25) is 14.4 Å². The number of carbonyl (C=O) groups excluding carboxylic acids is 3. The van der Waals surface area contributed by atoms with Gasteiger partial charge in [0.25, 0.3) is 0 Å². The Morgan fingerprint density at radius 1 is 1.17 bits per heavy atom. The van der Waals surface area contributed by atoms with Gasteiger partial charge in [0, 0.05) is 31.4 Å². The first-order valence-corrected chi connectivity index (χ1v) is 8.17. The molecule has 124 valence electrons.